The van der Waals surface area contributed by atoms with Crippen molar-refractivity contribution in [3.05, 3.63) is 28.2 Å². The lowest BCUT2D eigenvalue weighted by atomic mass is 10.1. The van der Waals surface area contributed by atoms with Gasteiger partial charge in [-0.15, -0.1) is 0 Å². The van der Waals surface area contributed by atoms with Gasteiger partial charge in [0.2, 0.25) is 0 Å². The van der Waals surface area contributed by atoms with Crippen LogP contribution in [0.2, 0.25) is 0 Å². The molecule has 1 aromatic rings. The normalized spacial score (nSPS) is 18.5. The van der Waals surface area contributed by atoms with E-state index in [2.05, 4.69) is 20.8 Å². The first-order valence-corrected chi connectivity index (χ1v) is 6.71. The molecule has 0 saturated carbocycles. The number of hydrogen-bond acceptors (Lipinski definition) is 3. The summed E-state index contributed by atoms with van der Waals surface area (Å²) in [6.45, 7) is 2.99. The topological polar surface area (TPSA) is 32.7 Å². The fourth-order valence-electron chi connectivity index (χ4n) is 2.23. The van der Waals surface area contributed by atoms with E-state index in [1.165, 1.54) is 0 Å². The van der Waals surface area contributed by atoms with Crippen molar-refractivity contribution in [3.8, 4) is 5.75 Å². The lowest BCUT2D eigenvalue weighted by Crippen LogP contribution is -2.36. The monoisotopic (exact) mass is 299 g/mol. The highest BCUT2D eigenvalue weighted by atomic mass is 79.9. The molecular formula is C13H18BrNO2. The quantitative estimate of drug-likeness (QED) is 0.931. The number of piperidine rings is 1. The molecule has 1 N–H and O–H groups in total. The number of methoxy groups -OCH3 is 1. The van der Waals surface area contributed by atoms with Gasteiger partial charge in [0.25, 0.3) is 0 Å². The number of phenols is 1. The number of nitrogens with zero attached hydrogens (tertiary/aromatic N) is 1. The summed E-state index contributed by atoms with van der Waals surface area (Å²) >= 11 is 3.52. The van der Waals surface area contributed by atoms with Crippen molar-refractivity contribution < 1.29 is 9.84 Å². The Bertz CT molecular complexity index is 376. The Labute approximate surface area is 111 Å². The number of phenolic OH excluding ortho intramolecular Hbond substituents is 1. The lowest BCUT2D eigenvalue weighted by molar-refractivity contribution is 0.0388. The summed E-state index contributed by atoms with van der Waals surface area (Å²) in [7, 11) is 1.78. The van der Waals surface area contributed by atoms with Crippen molar-refractivity contribution >= 4 is 15.9 Å². The number of likely N-dealkylation sites (tertiary alicyclic amines) is 1. The number of halogens is 1. The van der Waals surface area contributed by atoms with Crippen LogP contribution in [0.1, 0.15) is 18.4 Å². The molecule has 0 amide bonds. The first kappa shape index (κ1) is 12.9. The zero-order valence-corrected chi connectivity index (χ0v) is 11.6. The van der Waals surface area contributed by atoms with Gasteiger partial charge in [0, 0.05) is 31.2 Å². The highest BCUT2D eigenvalue weighted by Crippen LogP contribution is 2.24. The molecule has 0 aromatic heterocycles. The Morgan fingerprint density at radius 2 is 2.12 bits per heavy atom. The van der Waals surface area contributed by atoms with Crippen molar-refractivity contribution in [2.24, 2.45) is 0 Å². The molecule has 0 unspecified atom stereocenters. The summed E-state index contributed by atoms with van der Waals surface area (Å²) < 4.78 is 6.42. The number of aromatic hydroxyl groups is 1. The molecule has 0 radical (unpaired) electrons. The van der Waals surface area contributed by atoms with Gasteiger partial charge in [-0.1, -0.05) is 15.9 Å². The van der Waals surface area contributed by atoms with E-state index in [0.717, 1.165) is 42.5 Å². The molecule has 17 heavy (non-hydrogen) atoms. The maximum atomic E-state index is 9.49. The minimum absolute atomic E-state index is 0.329. The van der Waals surface area contributed by atoms with Gasteiger partial charge in [-0.3, -0.25) is 4.90 Å². The first-order chi connectivity index (χ1) is 8.19. The van der Waals surface area contributed by atoms with Crippen molar-refractivity contribution in [3.63, 3.8) is 0 Å². The Morgan fingerprint density at radius 3 is 2.76 bits per heavy atom. The molecule has 0 spiro atoms. The molecule has 4 heteroatoms. The summed E-state index contributed by atoms with van der Waals surface area (Å²) in [5.74, 6) is 0.329. The minimum atomic E-state index is 0.329. The predicted octanol–water partition coefficient (Wildman–Crippen LogP) is 2.77. The predicted molar refractivity (Wildman–Crippen MR) is 71.1 cm³/mol. The third-order valence-electron chi connectivity index (χ3n) is 3.29. The summed E-state index contributed by atoms with van der Waals surface area (Å²) in [4.78, 5) is 2.40. The van der Waals surface area contributed by atoms with Crippen LogP contribution in [0.3, 0.4) is 0 Å². The van der Waals surface area contributed by atoms with Crippen molar-refractivity contribution in [2.45, 2.75) is 25.5 Å². The van der Waals surface area contributed by atoms with E-state index in [9.17, 15) is 5.11 Å². The summed E-state index contributed by atoms with van der Waals surface area (Å²) in [5.41, 5.74) is 1.14. The van der Waals surface area contributed by atoms with E-state index in [1.807, 2.05) is 12.1 Å². The smallest absolute Gasteiger partial charge is 0.115 e. The van der Waals surface area contributed by atoms with Gasteiger partial charge >= 0.3 is 0 Å². The molecule has 0 bridgehead atoms. The second-order valence-electron chi connectivity index (χ2n) is 4.49. The molecule has 94 valence electrons. The molecule has 3 nitrogen and oxygen atoms in total. The standard InChI is InChI=1S/C13H18BrNO2/c1-17-12-4-6-15(7-5-12)9-10-8-11(16)2-3-13(10)14/h2-3,8,12,16H,4-7,9H2,1H3. The van der Waals surface area contributed by atoms with Crippen LogP contribution in [0.4, 0.5) is 0 Å². The first-order valence-electron chi connectivity index (χ1n) is 5.91. The Balaban J connectivity index is 1.95. The van der Waals surface area contributed by atoms with Crippen LogP contribution >= 0.6 is 15.9 Å². The second-order valence-corrected chi connectivity index (χ2v) is 5.34. The largest absolute Gasteiger partial charge is 0.508 e. The second kappa shape index (κ2) is 5.85. The highest BCUT2D eigenvalue weighted by molar-refractivity contribution is 9.10. The van der Waals surface area contributed by atoms with Crippen LogP contribution in [0, 0.1) is 0 Å². The van der Waals surface area contributed by atoms with Crippen molar-refractivity contribution in [2.75, 3.05) is 20.2 Å². The van der Waals surface area contributed by atoms with E-state index in [4.69, 9.17) is 4.74 Å². The minimum Gasteiger partial charge on any atom is -0.508 e. The number of hydrogen-bond donors (Lipinski definition) is 1. The van der Waals surface area contributed by atoms with E-state index < -0.39 is 0 Å². The summed E-state index contributed by atoms with van der Waals surface area (Å²) in [6, 6.07) is 5.42. The zero-order chi connectivity index (χ0) is 12.3. The number of benzene rings is 1. The van der Waals surface area contributed by atoms with E-state index in [1.54, 1.807) is 13.2 Å². The number of rotatable bonds is 3. The molecule has 1 aromatic carbocycles. The Kier molecular flexibility index (Phi) is 4.42. The van der Waals surface area contributed by atoms with Crippen molar-refractivity contribution in [1.82, 2.24) is 4.90 Å². The van der Waals surface area contributed by atoms with E-state index >= 15 is 0 Å². The van der Waals surface area contributed by atoms with Gasteiger partial charge in [-0.05, 0) is 36.6 Å². The van der Waals surface area contributed by atoms with Gasteiger partial charge in [0.15, 0.2) is 0 Å². The van der Waals surface area contributed by atoms with Crippen LogP contribution in [0.15, 0.2) is 22.7 Å². The van der Waals surface area contributed by atoms with Crippen LogP contribution < -0.4 is 0 Å². The third-order valence-corrected chi connectivity index (χ3v) is 4.06. The average Bonchev–Trinajstić information content (AvgIpc) is 2.35. The van der Waals surface area contributed by atoms with Gasteiger partial charge < -0.3 is 9.84 Å². The highest BCUT2D eigenvalue weighted by Gasteiger charge is 2.19. The van der Waals surface area contributed by atoms with Crippen LogP contribution in [-0.4, -0.2) is 36.3 Å². The molecule has 1 aliphatic heterocycles. The maximum Gasteiger partial charge on any atom is 0.115 e. The van der Waals surface area contributed by atoms with E-state index in [0.29, 0.717) is 11.9 Å². The number of ether oxygens (including phenoxy) is 1. The molecule has 0 atom stereocenters. The average molecular weight is 300 g/mol. The fourth-order valence-corrected chi connectivity index (χ4v) is 2.60. The molecular weight excluding hydrogens is 282 g/mol. The Hall–Kier alpha value is -0.580. The molecule has 1 aliphatic rings. The molecule has 1 fully saturated rings. The van der Waals surface area contributed by atoms with Gasteiger partial charge in [0.05, 0.1) is 6.10 Å². The third kappa shape index (κ3) is 3.44. The SMILES string of the molecule is COC1CCN(Cc2cc(O)ccc2Br)CC1. The van der Waals surface area contributed by atoms with E-state index in [-0.39, 0.29) is 0 Å². The molecule has 0 aliphatic carbocycles. The van der Waals surface area contributed by atoms with Crippen LogP contribution in [0.5, 0.6) is 5.75 Å². The van der Waals surface area contributed by atoms with Crippen LogP contribution in [-0.2, 0) is 11.3 Å². The summed E-state index contributed by atoms with van der Waals surface area (Å²) in [6.07, 6.45) is 2.60. The lowest BCUT2D eigenvalue weighted by Gasteiger charge is -2.31. The molecule has 1 heterocycles. The molecule has 2 rings (SSSR count). The zero-order valence-electron chi connectivity index (χ0n) is 10.0. The van der Waals surface area contributed by atoms with Crippen LogP contribution in [0.25, 0.3) is 0 Å². The fraction of sp³-hybridized carbons (Fsp3) is 0.538. The maximum absolute atomic E-state index is 9.49. The van der Waals surface area contributed by atoms with Gasteiger partial charge in [-0.2, -0.15) is 0 Å². The Morgan fingerprint density at radius 1 is 1.41 bits per heavy atom. The molecule has 1 saturated heterocycles. The summed E-state index contributed by atoms with van der Waals surface area (Å²) in [5, 5.41) is 9.49. The van der Waals surface area contributed by atoms with Crippen molar-refractivity contribution in [1.29, 1.82) is 0 Å². The van der Waals surface area contributed by atoms with Gasteiger partial charge in [0.1, 0.15) is 5.75 Å². The van der Waals surface area contributed by atoms with Gasteiger partial charge in [-0.25, -0.2) is 0 Å².